The molecule has 17 heavy (non-hydrogen) atoms. The fraction of sp³-hybridized carbons (Fsp3) is 0.357. The second-order valence-electron chi connectivity index (χ2n) is 3.65. The van der Waals surface area contributed by atoms with Crippen LogP contribution >= 0.6 is 0 Å². The quantitative estimate of drug-likeness (QED) is 0.600. The van der Waals surface area contributed by atoms with Crippen molar-refractivity contribution in [1.29, 1.82) is 5.26 Å². The normalized spacial score (nSPS) is 11.2. The molecule has 0 aliphatic heterocycles. The molecule has 3 nitrogen and oxygen atoms in total. The number of ether oxygens (including phenoxy) is 1. The van der Waals surface area contributed by atoms with Crippen LogP contribution in [0.4, 0.5) is 0 Å². The molecule has 1 atom stereocenters. The van der Waals surface area contributed by atoms with Crippen LogP contribution in [0.3, 0.4) is 0 Å². The van der Waals surface area contributed by atoms with Crippen LogP contribution in [0, 0.1) is 23.7 Å². The smallest absolute Gasteiger partial charge is 0.174 e. The largest absolute Gasteiger partial charge is 0.479 e. The minimum atomic E-state index is 0.0787. The summed E-state index contributed by atoms with van der Waals surface area (Å²) >= 11 is 0. The van der Waals surface area contributed by atoms with Gasteiger partial charge in [0.25, 0.3) is 0 Å². The summed E-state index contributed by atoms with van der Waals surface area (Å²) in [5, 5.41) is 11.7. The lowest BCUT2D eigenvalue weighted by atomic mass is 10.1. The molecule has 1 aromatic carbocycles. The van der Waals surface area contributed by atoms with Crippen molar-refractivity contribution in [3.63, 3.8) is 0 Å². The molecule has 0 aromatic heterocycles. The van der Waals surface area contributed by atoms with E-state index in [0.717, 1.165) is 13.0 Å². The summed E-state index contributed by atoms with van der Waals surface area (Å²) in [6.07, 6.45) is 5.92. The Labute approximate surface area is 102 Å². The lowest BCUT2D eigenvalue weighted by molar-refractivity contribution is 0.368. The van der Waals surface area contributed by atoms with Gasteiger partial charge in [-0.25, -0.2) is 0 Å². The molecule has 1 rings (SSSR count). The Bertz CT molecular complexity index is 411. The summed E-state index contributed by atoms with van der Waals surface area (Å²) in [4.78, 5) is 0. The molecule has 0 spiro atoms. The summed E-state index contributed by atoms with van der Waals surface area (Å²) < 4.78 is 5.18. The van der Waals surface area contributed by atoms with Gasteiger partial charge in [0.05, 0.1) is 0 Å². The Morgan fingerprint density at radius 1 is 1.41 bits per heavy atom. The van der Waals surface area contributed by atoms with E-state index in [9.17, 15) is 0 Å². The molecule has 0 aliphatic carbocycles. The van der Waals surface area contributed by atoms with E-state index >= 15 is 0 Å². The number of hydrogen-bond donors (Lipinski definition) is 1. The van der Waals surface area contributed by atoms with E-state index in [4.69, 9.17) is 16.4 Å². The first-order chi connectivity index (χ1) is 8.27. The van der Waals surface area contributed by atoms with Crippen LogP contribution < -0.4 is 10.1 Å². The van der Waals surface area contributed by atoms with Crippen molar-refractivity contribution in [2.45, 2.75) is 19.4 Å². The molecular formula is C14H16N2O. The second-order valence-corrected chi connectivity index (χ2v) is 3.65. The van der Waals surface area contributed by atoms with E-state index < -0.39 is 0 Å². The highest BCUT2D eigenvalue weighted by Gasteiger charge is 2.03. The standard InChI is InChI=1S/C14H16N2O/c1-3-4-10-16-12(2)13-5-7-14(8-6-13)17-11-9-15/h1,5-8,12,16H,4,10-11H2,2H3. The summed E-state index contributed by atoms with van der Waals surface area (Å²) in [5.41, 5.74) is 1.17. The lowest BCUT2D eigenvalue weighted by Crippen LogP contribution is -2.19. The Morgan fingerprint density at radius 2 is 2.12 bits per heavy atom. The first-order valence-corrected chi connectivity index (χ1v) is 5.54. The van der Waals surface area contributed by atoms with Crippen molar-refractivity contribution in [3.05, 3.63) is 29.8 Å². The van der Waals surface area contributed by atoms with Crippen molar-refractivity contribution >= 4 is 0 Å². The topological polar surface area (TPSA) is 45.0 Å². The molecule has 3 heteroatoms. The Hall–Kier alpha value is -1.97. The predicted octanol–water partition coefficient (Wildman–Crippen LogP) is 2.26. The zero-order valence-corrected chi connectivity index (χ0v) is 9.94. The molecule has 0 aliphatic rings. The third kappa shape index (κ3) is 4.59. The van der Waals surface area contributed by atoms with Gasteiger partial charge in [0.2, 0.25) is 0 Å². The summed E-state index contributed by atoms with van der Waals surface area (Å²) in [5.74, 6) is 3.31. The van der Waals surface area contributed by atoms with Crippen LogP contribution in [0.25, 0.3) is 0 Å². The first kappa shape index (κ1) is 13.1. The molecule has 0 radical (unpaired) electrons. The number of rotatable bonds is 6. The molecule has 1 unspecified atom stereocenters. The van der Waals surface area contributed by atoms with Crippen molar-refractivity contribution in [1.82, 2.24) is 5.32 Å². The minimum absolute atomic E-state index is 0.0787. The van der Waals surface area contributed by atoms with E-state index in [-0.39, 0.29) is 12.6 Å². The highest BCUT2D eigenvalue weighted by atomic mass is 16.5. The van der Waals surface area contributed by atoms with Gasteiger partial charge >= 0.3 is 0 Å². The number of nitrogens with zero attached hydrogens (tertiary/aromatic N) is 1. The Kier molecular flexibility index (Phi) is 5.64. The molecule has 88 valence electrons. The van der Waals surface area contributed by atoms with Crippen LogP contribution in [0.5, 0.6) is 5.75 Å². The van der Waals surface area contributed by atoms with Crippen LogP contribution in [-0.2, 0) is 0 Å². The molecule has 0 amide bonds. The SMILES string of the molecule is C#CCCNC(C)c1ccc(OCC#N)cc1. The number of benzene rings is 1. The zero-order valence-electron chi connectivity index (χ0n) is 9.94. The third-order valence-corrected chi connectivity index (χ3v) is 2.40. The van der Waals surface area contributed by atoms with E-state index in [0.29, 0.717) is 5.75 Å². The lowest BCUT2D eigenvalue weighted by Gasteiger charge is -2.13. The van der Waals surface area contributed by atoms with E-state index in [1.165, 1.54) is 5.56 Å². The fourth-order valence-corrected chi connectivity index (χ4v) is 1.45. The summed E-state index contributed by atoms with van der Waals surface area (Å²) in [6, 6.07) is 9.90. The number of nitrogens with one attached hydrogen (secondary N) is 1. The molecular weight excluding hydrogens is 212 g/mol. The highest BCUT2D eigenvalue weighted by molar-refractivity contribution is 5.29. The maximum atomic E-state index is 8.39. The number of hydrogen-bond acceptors (Lipinski definition) is 3. The average molecular weight is 228 g/mol. The van der Waals surface area contributed by atoms with E-state index in [1.807, 2.05) is 30.3 Å². The summed E-state index contributed by atoms with van der Waals surface area (Å²) in [7, 11) is 0. The van der Waals surface area contributed by atoms with Crippen LogP contribution in [0.1, 0.15) is 24.9 Å². The minimum Gasteiger partial charge on any atom is -0.479 e. The fourth-order valence-electron chi connectivity index (χ4n) is 1.45. The Morgan fingerprint density at radius 3 is 2.71 bits per heavy atom. The van der Waals surface area contributed by atoms with E-state index in [2.05, 4.69) is 18.2 Å². The molecule has 0 bridgehead atoms. The van der Waals surface area contributed by atoms with Crippen molar-refractivity contribution in [2.75, 3.05) is 13.2 Å². The van der Waals surface area contributed by atoms with Gasteiger partial charge in [-0.3, -0.25) is 0 Å². The number of terminal acetylenes is 1. The van der Waals surface area contributed by atoms with Gasteiger partial charge in [-0.1, -0.05) is 12.1 Å². The molecule has 1 N–H and O–H groups in total. The van der Waals surface area contributed by atoms with Gasteiger partial charge in [0, 0.05) is 19.0 Å². The zero-order chi connectivity index (χ0) is 12.5. The van der Waals surface area contributed by atoms with Gasteiger partial charge < -0.3 is 10.1 Å². The van der Waals surface area contributed by atoms with Crippen LogP contribution in [0.2, 0.25) is 0 Å². The van der Waals surface area contributed by atoms with Crippen molar-refractivity contribution in [2.24, 2.45) is 0 Å². The maximum Gasteiger partial charge on any atom is 0.174 e. The maximum absolute atomic E-state index is 8.39. The second kappa shape index (κ2) is 7.33. The summed E-state index contributed by atoms with van der Waals surface area (Å²) in [6.45, 7) is 2.97. The van der Waals surface area contributed by atoms with Crippen LogP contribution in [0.15, 0.2) is 24.3 Å². The molecule has 0 heterocycles. The average Bonchev–Trinajstić information content (AvgIpc) is 2.37. The van der Waals surface area contributed by atoms with Crippen LogP contribution in [-0.4, -0.2) is 13.2 Å². The van der Waals surface area contributed by atoms with Gasteiger partial charge in [-0.15, -0.1) is 12.3 Å². The van der Waals surface area contributed by atoms with Gasteiger partial charge in [-0.2, -0.15) is 5.26 Å². The molecule has 0 saturated carbocycles. The van der Waals surface area contributed by atoms with Gasteiger partial charge in [-0.05, 0) is 24.6 Å². The van der Waals surface area contributed by atoms with E-state index in [1.54, 1.807) is 0 Å². The first-order valence-electron chi connectivity index (χ1n) is 5.54. The molecule has 1 aromatic rings. The molecule has 0 fully saturated rings. The Balaban J connectivity index is 2.49. The van der Waals surface area contributed by atoms with Crippen molar-refractivity contribution < 1.29 is 4.74 Å². The monoisotopic (exact) mass is 228 g/mol. The highest BCUT2D eigenvalue weighted by Crippen LogP contribution is 2.17. The van der Waals surface area contributed by atoms with Gasteiger partial charge in [0.15, 0.2) is 6.61 Å². The third-order valence-electron chi connectivity index (χ3n) is 2.40. The predicted molar refractivity (Wildman–Crippen MR) is 67.4 cm³/mol. The van der Waals surface area contributed by atoms with Crippen molar-refractivity contribution in [3.8, 4) is 24.2 Å². The van der Waals surface area contributed by atoms with Gasteiger partial charge in [0.1, 0.15) is 11.8 Å². The molecule has 0 saturated heterocycles. The number of nitriles is 1.